The van der Waals surface area contributed by atoms with Crippen molar-refractivity contribution < 1.29 is 37.7 Å². The van der Waals surface area contributed by atoms with Crippen LogP contribution in [-0.4, -0.2) is 76.1 Å². The molecule has 88 valence electrons. The molecule has 0 spiro atoms. The Morgan fingerprint density at radius 3 is 1.65 bits per heavy atom. The van der Waals surface area contributed by atoms with Gasteiger partial charge in [-0.05, 0) is 12.1 Å². The molecule has 0 fully saturated rings. The zero-order chi connectivity index (χ0) is 12.5. The zero-order valence-corrected chi connectivity index (χ0v) is 10.6. The van der Waals surface area contributed by atoms with Crippen LogP contribution in [0.15, 0.2) is 12.1 Å². The Morgan fingerprint density at radius 1 is 0.882 bits per heavy atom. The number of carboxylic acid groups (broad SMARTS) is 3. The van der Waals surface area contributed by atoms with E-state index in [4.69, 9.17) is 15.3 Å². The number of carbonyl (C=O) groups is 3. The van der Waals surface area contributed by atoms with Crippen LogP contribution in [0.2, 0.25) is 0 Å². The molecule has 0 aliphatic carbocycles. The number of hydrogen-bond donors (Lipinski definition) is 4. The van der Waals surface area contributed by atoms with Gasteiger partial charge in [0.2, 0.25) is 0 Å². The van der Waals surface area contributed by atoms with E-state index in [1.54, 1.807) is 0 Å². The molecule has 17 heavy (non-hydrogen) atoms. The van der Waals surface area contributed by atoms with E-state index in [2.05, 4.69) is 0 Å². The van der Waals surface area contributed by atoms with Crippen molar-refractivity contribution in [2.75, 3.05) is 0 Å². The molecule has 0 saturated heterocycles. The average Bonchev–Trinajstić information content (AvgIpc) is 2.15. The number of aromatic hydroxyl groups is 1. The number of hydrogen-bond acceptors (Lipinski definition) is 4. The first-order valence-electron chi connectivity index (χ1n) is 3.92. The van der Waals surface area contributed by atoms with Crippen LogP contribution < -0.4 is 0 Å². The third-order valence-electron chi connectivity index (χ3n) is 1.85. The van der Waals surface area contributed by atoms with Crippen molar-refractivity contribution >= 4 is 55.6 Å². The largest absolute Gasteiger partial charge is 2.00 e. The third-order valence-corrected chi connectivity index (χ3v) is 1.85. The van der Waals surface area contributed by atoms with E-state index in [1.165, 1.54) is 0 Å². The Balaban J connectivity index is -0.000000853. The second kappa shape index (κ2) is 5.85. The Bertz CT molecular complexity index is 504. The molecule has 0 radical (unpaired) electrons. The van der Waals surface area contributed by atoms with E-state index in [1.807, 2.05) is 0 Å². The molecule has 0 aliphatic heterocycles. The van der Waals surface area contributed by atoms with Crippen molar-refractivity contribution in [3.63, 3.8) is 0 Å². The molecular weight excluding hydrogens is 260 g/mol. The summed E-state index contributed by atoms with van der Waals surface area (Å²) in [6, 6.07) is 1.64. The van der Waals surface area contributed by atoms with Crippen LogP contribution in [0, 0.1) is 0 Å². The van der Waals surface area contributed by atoms with E-state index in [-0.39, 0.29) is 40.6 Å². The molecule has 0 heterocycles. The van der Waals surface area contributed by atoms with Crippen molar-refractivity contribution in [1.29, 1.82) is 0 Å². The van der Waals surface area contributed by atoms with Crippen molar-refractivity contribution in [2.24, 2.45) is 0 Å². The number of aromatic carboxylic acids is 3. The van der Waals surface area contributed by atoms with Crippen LogP contribution in [-0.2, 0) is 0 Å². The second-order valence-electron chi connectivity index (χ2n) is 2.80. The summed E-state index contributed by atoms with van der Waals surface area (Å²) in [6.45, 7) is 0. The van der Waals surface area contributed by atoms with E-state index in [0.29, 0.717) is 0 Å². The van der Waals surface area contributed by atoms with Crippen LogP contribution >= 0.6 is 0 Å². The fourth-order valence-electron chi connectivity index (χ4n) is 1.16. The minimum absolute atomic E-state index is 0. The molecule has 8 heteroatoms. The van der Waals surface area contributed by atoms with E-state index in [0.717, 1.165) is 12.1 Å². The zero-order valence-electron chi connectivity index (χ0n) is 10.4. The monoisotopic (exact) mass is 268 g/mol. The smallest absolute Gasteiger partial charge is 1.00 e. The van der Waals surface area contributed by atoms with Gasteiger partial charge in [0.25, 0.3) is 0 Å². The summed E-state index contributed by atoms with van der Waals surface area (Å²) >= 11 is 0. The van der Waals surface area contributed by atoms with Crippen LogP contribution in [0.25, 0.3) is 0 Å². The first-order valence-corrected chi connectivity index (χ1v) is 3.92. The first-order chi connectivity index (χ1) is 7.36. The van der Waals surface area contributed by atoms with Gasteiger partial charge in [0, 0.05) is 0 Å². The average molecular weight is 268 g/mol. The maximum absolute atomic E-state index is 10.7. The Kier molecular flexibility index (Phi) is 5.40. The molecule has 1 aromatic rings. The molecule has 4 N–H and O–H groups in total. The number of benzene rings is 1. The van der Waals surface area contributed by atoms with Crippen LogP contribution in [0.3, 0.4) is 0 Å². The molecule has 0 atom stereocenters. The van der Waals surface area contributed by atoms with Crippen LogP contribution in [0.5, 0.6) is 5.75 Å². The van der Waals surface area contributed by atoms with Crippen LogP contribution in [0.1, 0.15) is 33.9 Å². The summed E-state index contributed by atoms with van der Waals surface area (Å²) in [4.78, 5) is 31.9. The molecule has 0 aliphatic rings. The van der Waals surface area contributed by atoms with Gasteiger partial charge in [-0.2, -0.15) is 0 Å². The summed E-state index contributed by atoms with van der Waals surface area (Å²) in [5, 5.41) is 35.3. The molecule has 1 aromatic carbocycles. The summed E-state index contributed by atoms with van der Waals surface area (Å²) in [6.07, 6.45) is 0. The van der Waals surface area contributed by atoms with E-state index in [9.17, 15) is 19.5 Å². The third kappa shape index (κ3) is 3.09. The predicted octanol–water partition coefficient (Wildman–Crippen LogP) is 0.331. The Labute approximate surface area is 127 Å². The van der Waals surface area contributed by atoms with Gasteiger partial charge in [0.1, 0.15) is 16.9 Å². The van der Waals surface area contributed by atoms with Gasteiger partial charge in [-0.15, -0.1) is 0 Å². The molecule has 1 rings (SSSR count). The summed E-state index contributed by atoms with van der Waals surface area (Å²) in [5.74, 6) is -5.89. The summed E-state index contributed by atoms with van der Waals surface area (Å²) in [5.41, 5.74) is -2.27. The maximum Gasteiger partial charge on any atom is 2.00 e. The van der Waals surface area contributed by atoms with Crippen molar-refractivity contribution in [3.05, 3.63) is 28.8 Å². The molecule has 0 saturated carbocycles. The minimum atomic E-state index is -1.71. The van der Waals surface area contributed by atoms with Gasteiger partial charge < -0.3 is 23.3 Å². The molecular formula is C9H8CaO7. The molecule has 7 nitrogen and oxygen atoms in total. The van der Waals surface area contributed by atoms with Crippen LogP contribution in [0.4, 0.5) is 0 Å². The second-order valence-corrected chi connectivity index (χ2v) is 2.80. The SMILES string of the molecule is O=C(O)c1ccc(C(=O)O)c(C(=O)O)c1O.[Ca+2].[H-].[H-]. The fourth-order valence-corrected chi connectivity index (χ4v) is 1.16. The first kappa shape index (κ1) is 15.7. The number of rotatable bonds is 3. The quantitative estimate of drug-likeness (QED) is 0.580. The van der Waals surface area contributed by atoms with Gasteiger partial charge in [0.15, 0.2) is 0 Å². The molecule has 0 aromatic heterocycles. The molecule has 0 amide bonds. The minimum Gasteiger partial charge on any atom is -1.00 e. The Hall–Kier alpha value is -1.31. The van der Waals surface area contributed by atoms with Gasteiger partial charge in [-0.25, -0.2) is 14.4 Å². The fraction of sp³-hybridized carbons (Fsp3) is 0. The number of carboxylic acids is 3. The predicted molar refractivity (Wildman–Crippen MR) is 57.0 cm³/mol. The van der Waals surface area contributed by atoms with Gasteiger partial charge in [-0.1, -0.05) is 0 Å². The Morgan fingerprint density at radius 2 is 1.29 bits per heavy atom. The van der Waals surface area contributed by atoms with Crippen molar-refractivity contribution in [1.82, 2.24) is 0 Å². The van der Waals surface area contributed by atoms with Gasteiger partial charge >= 0.3 is 55.6 Å². The molecule has 0 bridgehead atoms. The standard InChI is InChI=1S/C9H6O7.Ca.2H/c10-6-4(8(13)14)2-1-3(7(11)12)5(6)9(15)16;;;/h1-2,10H,(H,11,12)(H,13,14)(H,15,16);;;/q;+2;2*-1. The van der Waals surface area contributed by atoms with Crippen molar-refractivity contribution in [3.8, 4) is 5.75 Å². The summed E-state index contributed by atoms with van der Waals surface area (Å²) < 4.78 is 0. The topological polar surface area (TPSA) is 132 Å². The van der Waals surface area contributed by atoms with Crippen molar-refractivity contribution in [2.45, 2.75) is 0 Å². The molecule has 0 unspecified atom stereocenters. The number of phenols is 1. The normalized spacial score (nSPS) is 9.18. The maximum atomic E-state index is 10.7. The van der Waals surface area contributed by atoms with E-state index < -0.39 is 40.3 Å². The van der Waals surface area contributed by atoms with E-state index >= 15 is 0 Å². The van der Waals surface area contributed by atoms with Gasteiger partial charge in [-0.3, -0.25) is 0 Å². The van der Waals surface area contributed by atoms with Gasteiger partial charge in [0.05, 0.1) is 5.56 Å². The summed E-state index contributed by atoms with van der Waals surface area (Å²) in [7, 11) is 0.